The highest BCUT2D eigenvalue weighted by Gasteiger charge is 2.29. The highest BCUT2D eigenvalue weighted by Crippen LogP contribution is 2.44. The minimum atomic E-state index is -0.211. The van der Waals surface area contributed by atoms with Gasteiger partial charge in [0.25, 0.3) is 5.91 Å². The topological polar surface area (TPSA) is 85.1 Å². The number of rotatable bonds is 3. The Morgan fingerprint density at radius 3 is 3.00 bits per heavy atom. The van der Waals surface area contributed by atoms with Crippen LogP contribution in [0.4, 0.5) is 5.82 Å². The zero-order chi connectivity index (χ0) is 15.1. The van der Waals surface area contributed by atoms with Crippen molar-refractivity contribution in [1.82, 2.24) is 25.0 Å². The number of aryl methyl sites for hydroxylation is 1. The first-order chi connectivity index (χ1) is 10.7. The second-order valence-corrected chi connectivity index (χ2v) is 5.52. The molecule has 7 heteroatoms. The van der Waals surface area contributed by atoms with Gasteiger partial charge in [-0.25, -0.2) is 4.98 Å². The van der Waals surface area contributed by atoms with Gasteiger partial charge in [0.1, 0.15) is 5.82 Å². The van der Waals surface area contributed by atoms with E-state index in [1.165, 1.54) is 10.1 Å². The molecule has 110 valence electrons. The van der Waals surface area contributed by atoms with Gasteiger partial charge in [0.05, 0.1) is 5.56 Å². The Bertz CT molecular complexity index is 867. The Hall–Kier alpha value is -2.83. The van der Waals surface area contributed by atoms with E-state index in [1.54, 1.807) is 24.5 Å². The lowest BCUT2D eigenvalue weighted by molar-refractivity contribution is 0.102. The number of carbonyl (C=O) groups is 1. The van der Waals surface area contributed by atoms with Gasteiger partial charge in [-0.15, -0.1) is 5.10 Å². The molecule has 4 rings (SSSR count). The first-order valence-electron chi connectivity index (χ1n) is 7.17. The molecule has 1 aliphatic rings. The predicted octanol–water partition coefficient (Wildman–Crippen LogP) is 1.96. The molecule has 1 N–H and O–H groups in total. The van der Waals surface area contributed by atoms with Crippen molar-refractivity contribution in [3.63, 3.8) is 0 Å². The molecule has 1 saturated carbocycles. The highest BCUT2D eigenvalue weighted by atomic mass is 16.1. The lowest BCUT2D eigenvalue weighted by atomic mass is 10.1. The van der Waals surface area contributed by atoms with Gasteiger partial charge in [0.2, 0.25) is 0 Å². The average Bonchev–Trinajstić information content (AvgIpc) is 3.23. The summed E-state index contributed by atoms with van der Waals surface area (Å²) in [6.45, 7) is 2.05. The van der Waals surface area contributed by atoms with Crippen LogP contribution in [0.2, 0.25) is 0 Å². The van der Waals surface area contributed by atoms with Crippen LogP contribution < -0.4 is 5.32 Å². The lowest BCUT2D eigenvalue weighted by Gasteiger charge is -2.11. The van der Waals surface area contributed by atoms with Crippen molar-refractivity contribution in [2.24, 2.45) is 0 Å². The Morgan fingerprint density at radius 1 is 1.32 bits per heavy atom. The first-order valence-corrected chi connectivity index (χ1v) is 7.17. The maximum atomic E-state index is 12.5. The van der Waals surface area contributed by atoms with Gasteiger partial charge in [0.15, 0.2) is 5.65 Å². The predicted molar refractivity (Wildman–Crippen MR) is 79.7 cm³/mol. The lowest BCUT2D eigenvalue weighted by Crippen LogP contribution is -2.15. The third-order valence-corrected chi connectivity index (χ3v) is 3.88. The van der Waals surface area contributed by atoms with E-state index >= 15 is 0 Å². The van der Waals surface area contributed by atoms with Gasteiger partial charge in [-0.05, 0) is 59.9 Å². The monoisotopic (exact) mass is 294 g/mol. The molecular weight excluding hydrogens is 280 g/mol. The van der Waals surface area contributed by atoms with Crippen LogP contribution in [0.15, 0.2) is 30.6 Å². The fraction of sp³-hybridized carbons (Fsp3) is 0.267. The number of amides is 1. The largest absolute Gasteiger partial charge is 0.306 e. The molecule has 0 unspecified atom stereocenters. The van der Waals surface area contributed by atoms with Gasteiger partial charge >= 0.3 is 0 Å². The molecule has 0 spiro atoms. The molecule has 0 atom stereocenters. The van der Waals surface area contributed by atoms with Crippen LogP contribution in [0.1, 0.15) is 40.2 Å². The van der Waals surface area contributed by atoms with Crippen molar-refractivity contribution in [2.75, 3.05) is 5.32 Å². The number of anilines is 1. The Labute approximate surface area is 126 Å². The van der Waals surface area contributed by atoms with E-state index in [9.17, 15) is 4.79 Å². The van der Waals surface area contributed by atoms with E-state index in [2.05, 4.69) is 32.7 Å². The molecule has 3 heterocycles. The van der Waals surface area contributed by atoms with Crippen molar-refractivity contribution < 1.29 is 4.79 Å². The smallest absolute Gasteiger partial charge is 0.258 e. The summed E-state index contributed by atoms with van der Waals surface area (Å²) >= 11 is 0. The molecule has 22 heavy (non-hydrogen) atoms. The molecule has 3 aromatic rings. The number of pyridine rings is 2. The van der Waals surface area contributed by atoms with E-state index < -0.39 is 0 Å². The summed E-state index contributed by atoms with van der Waals surface area (Å²) in [4.78, 5) is 16.8. The van der Waals surface area contributed by atoms with Crippen LogP contribution >= 0.6 is 0 Å². The summed E-state index contributed by atoms with van der Waals surface area (Å²) in [5.41, 5.74) is 3.41. The first kappa shape index (κ1) is 12.9. The Kier molecular flexibility index (Phi) is 2.85. The zero-order valence-electron chi connectivity index (χ0n) is 12.0. The van der Waals surface area contributed by atoms with E-state index in [-0.39, 0.29) is 5.91 Å². The third-order valence-electron chi connectivity index (χ3n) is 3.88. The fourth-order valence-electron chi connectivity index (χ4n) is 2.61. The molecule has 0 radical (unpaired) electrons. The Morgan fingerprint density at radius 2 is 2.18 bits per heavy atom. The number of fused-ring (bicyclic) bond motifs is 1. The summed E-state index contributed by atoms with van der Waals surface area (Å²) in [5, 5.41) is 14.1. The van der Waals surface area contributed by atoms with Crippen LogP contribution in [0.5, 0.6) is 0 Å². The number of tetrazole rings is 1. The minimum absolute atomic E-state index is 0.211. The number of nitrogens with one attached hydrogen (secondary N) is 1. The maximum Gasteiger partial charge on any atom is 0.258 e. The molecular formula is C15H14N6O. The van der Waals surface area contributed by atoms with E-state index in [0.29, 0.717) is 22.9 Å². The van der Waals surface area contributed by atoms with Crippen molar-refractivity contribution in [2.45, 2.75) is 25.7 Å². The summed E-state index contributed by atoms with van der Waals surface area (Å²) < 4.78 is 1.47. The number of aromatic nitrogens is 5. The zero-order valence-corrected chi connectivity index (χ0v) is 12.0. The quantitative estimate of drug-likeness (QED) is 0.798. The van der Waals surface area contributed by atoms with Gasteiger partial charge in [-0.2, -0.15) is 4.52 Å². The number of hydrogen-bond donors (Lipinski definition) is 1. The van der Waals surface area contributed by atoms with Crippen molar-refractivity contribution in [3.05, 3.63) is 47.3 Å². The number of carbonyl (C=O) groups excluding carboxylic acids is 1. The van der Waals surface area contributed by atoms with Crippen LogP contribution in [0.3, 0.4) is 0 Å². The molecule has 0 aliphatic heterocycles. The van der Waals surface area contributed by atoms with Crippen LogP contribution in [-0.4, -0.2) is 30.9 Å². The SMILES string of the molecule is Cc1ccnc(NC(=O)c2ccc3nnnn3c2)c1C1CC1. The third kappa shape index (κ3) is 2.20. The summed E-state index contributed by atoms with van der Waals surface area (Å²) in [7, 11) is 0. The number of nitrogens with zero attached hydrogens (tertiary/aromatic N) is 5. The molecule has 0 saturated heterocycles. The summed E-state index contributed by atoms with van der Waals surface area (Å²) in [6.07, 6.45) is 5.65. The summed E-state index contributed by atoms with van der Waals surface area (Å²) in [6, 6.07) is 5.39. The van der Waals surface area contributed by atoms with E-state index in [1.807, 2.05) is 6.07 Å². The van der Waals surface area contributed by atoms with Crippen molar-refractivity contribution >= 4 is 17.4 Å². The van der Waals surface area contributed by atoms with Crippen LogP contribution in [0, 0.1) is 6.92 Å². The fourth-order valence-corrected chi connectivity index (χ4v) is 2.61. The highest BCUT2D eigenvalue weighted by molar-refractivity contribution is 6.04. The Balaban J connectivity index is 1.65. The average molecular weight is 294 g/mol. The van der Waals surface area contributed by atoms with E-state index in [4.69, 9.17) is 0 Å². The molecule has 0 aromatic carbocycles. The van der Waals surface area contributed by atoms with E-state index in [0.717, 1.165) is 18.4 Å². The molecule has 0 bridgehead atoms. The second-order valence-electron chi connectivity index (χ2n) is 5.52. The molecule has 1 amide bonds. The normalized spacial score (nSPS) is 14.2. The van der Waals surface area contributed by atoms with Crippen molar-refractivity contribution in [1.29, 1.82) is 0 Å². The van der Waals surface area contributed by atoms with Crippen LogP contribution in [0.25, 0.3) is 5.65 Å². The van der Waals surface area contributed by atoms with Gasteiger partial charge in [0, 0.05) is 18.0 Å². The number of hydrogen-bond acceptors (Lipinski definition) is 5. The van der Waals surface area contributed by atoms with Gasteiger partial charge < -0.3 is 5.32 Å². The molecule has 3 aromatic heterocycles. The molecule has 1 fully saturated rings. The molecule has 7 nitrogen and oxygen atoms in total. The van der Waals surface area contributed by atoms with Crippen molar-refractivity contribution in [3.8, 4) is 0 Å². The van der Waals surface area contributed by atoms with Gasteiger partial charge in [-0.1, -0.05) is 0 Å². The molecule has 1 aliphatic carbocycles. The summed E-state index contributed by atoms with van der Waals surface area (Å²) in [5.74, 6) is 0.965. The minimum Gasteiger partial charge on any atom is -0.306 e. The van der Waals surface area contributed by atoms with Gasteiger partial charge in [-0.3, -0.25) is 4.79 Å². The van der Waals surface area contributed by atoms with Crippen LogP contribution in [-0.2, 0) is 0 Å². The maximum absolute atomic E-state index is 12.5. The standard InChI is InChI=1S/C15H14N6O/c1-9-6-7-16-14(13(9)10-2-3-10)17-15(22)11-4-5-12-18-19-20-21(12)8-11/h4-8,10H,2-3H2,1H3,(H,16,17,22). The second kappa shape index (κ2) is 4.87.